The second-order valence-electron chi connectivity index (χ2n) is 4.94. The molecule has 0 saturated heterocycles. The molecule has 1 unspecified atom stereocenters. The van der Waals surface area contributed by atoms with Gasteiger partial charge in [-0.1, -0.05) is 24.3 Å². The lowest BCUT2D eigenvalue weighted by Gasteiger charge is -2.21. The first kappa shape index (κ1) is 14.5. The number of hydrogen-bond acceptors (Lipinski definition) is 2. The van der Waals surface area contributed by atoms with Crippen LogP contribution in [0.2, 0.25) is 0 Å². The van der Waals surface area contributed by atoms with Crippen LogP contribution in [0.4, 0.5) is 4.39 Å². The van der Waals surface area contributed by atoms with Gasteiger partial charge in [-0.2, -0.15) is 0 Å². The molecule has 0 amide bonds. The standard InChI is InChI=1S/C17H20FNO/c1-12(14-6-4-8-16(18)10-14)19-13(2)15-7-5-9-17(11-15)20-3/h4-13,19H,1-3H3/t12?,13-/m1/s1. The number of halogens is 1. The van der Waals surface area contributed by atoms with E-state index in [-0.39, 0.29) is 17.9 Å². The van der Waals surface area contributed by atoms with Crippen molar-refractivity contribution in [2.24, 2.45) is 0 Å². The normalized spacial score (nSPS) is 13.8. The maximum atomic E-state index is 13.2. The predicted octanol–water partition coefficient (Wildman–Crippen LogP) is 4.25. The van der Waals surface area contributed by atoms with E-state index in [9.17, 15) is 4.39 Å². The SMILES string of the molecule is COc1cccc([C@@H](C)NC(C)c2cccc(F)c2)c1. The zero-order valence-electron chi connectivity index (χ0n) is 12.1. The molecule has 3 heteroatoms. The first-order chi connectivity index (χ1) is 9.60. The van der Waals surface area contributed by atoms with Crippen LogP contribution in [0.3, 0.4) is 0 Å². The fourth-order valence-electron chi connectivity index (χ4n) is 2.25. The minimum atomic E-state index is -0.204. The second-order valence-corrected chi connectivity index (χ2v) is 4.94. The summed E-state index contributed by atoms with van der Waals surface area (Å²) in [5.74, 6) is 0.639. The second kappa shape index (κ2) is 6.53. The van der Waals surface area contributed by atoms with Crippen LogP contribution in [-0.2, 0) is 0 Å². The molecule has 0 heterocycles. The van der Waals surface area contributed by atoms with Crippen molar-refractivity contribution < 1.29 is 9.13 Å². The lowest BCUT2D eigenvalue weighted by atomic mass is 10.0. The van der Waals surface area contributed by atoms with Gasteiger partial charge in [0.15, 0.2) is 0 Å². The minimum absolute atomic E-state index is 0.0758. The molecular weight excluding hydrogens is 253 g/mol. The Hall–Kier alpha value is -1.87. The van der Waals surface area contributed by atoms with Crippen LogP contribution in [0.25, 0.3) is 0 Å². The topological polar surface area (TPSA) is 21.3 Å². The van der Waals surface area contributed by atoms with Crippen LogP contribution in [0.5, 0.6) is 5.75 Å². The number of hydrogen-bond donors (Lipinski definition) is 1. The first-order valence-corrected chi connectivity index (χ1v) is 6.75. The molecule has 0 fully saturated rings. The molecule has 0 aromatic heterocycles. The van der Waals surface area contributed by atoms with Gasteiger partial charge in [-0.15, -0.1) is 0 Å². The summed E-state index contributed by atoms with van der Waals surface area (Å²) < 4.78 is 18.5. The molecule has 0 saturated carbocycles. The van der Waals surface area contributed by atoms with Crippen LogP contribution in [0, 0.1) is 5.82 Å². The summed E-state index contributed by atoms with van der Waals surface area (Å²) >= 11 is 0. The van der Waals surface area contributed by atoms with Gasteiger partial charge >= 0.3 is 0 Å². The van der Waals surface area contributed by atoms with Gasteiger partial charge in [0.1, 0.15) is 11.6 Å². The number of methoxy groups -OCH3 is 1. The molecule has 0 aliphatic heterocycles. The molecule has 0 aliphatic carbocycles. The molecule has 2 atom stereocenters. The van der Waals surface area contributed by atoms with Crippen molar-refractivity contribution in [3.63, 3.8) is 0 Å². The van der Waals surface area contributed by atoms with E-state index in [2.05, 4.69) is 18.3 Å². The van der Waals surface area contributed by atoms with E-state index in [0.717, 1.165) is 16.9 Å². The molecule has 2 nitrogen and oxygen atoms in total. The van der Waals surface area contributed by atoms with Gasteiger partial charge < -0.3 is 10.1 Å². The van der Waals surface area contributed by atoms with Gasteiger partial charge in [0.05, 0.1) is 7.11 Å². The Kier molecular flexibility index (Phi) is 4.74. The highest BCUT2D eigenvalue weighted by Crippen LogP contribution is 2.22. The Morgan fingerprint density at radius 2 is 1.55 bits per heavy atom. The van der Waals surface area contributed by atoms with E-state index in [1.54, 1.807) is 19.2 Å². The molecule has 2 aromatic rings. The summed E-state index contributed by atoms with van der Waals surface area (Å²) in [7, 11) is 1.66. The van der Waals surface area contributed by atoms with E-state index in [4.69, 9.17) is 4.74 Å². The van der Waals surface area contributed by atoms with Gasteiger partial charge in [0.25, 0.3) is 0 Å². The average Bonchev–Trinajstić information content (AvgIpc) is 2.47. The Morgan fingerprint density at radius 3 is 2.15 bits per heavy atom. The highest BCUT2D eigenvalue weighted by molar-refractivity contribution is 5.30. The Labute approximate surface area is 119 Å². The highest BCUT2D eigenvalue weighted by Gasteiger charge is 2.12. The molecule has 20 heavy (non-hydrogen) atoms. The molecule has 1 N–H and O–H groups in total. The predicted molar refractivity (Wildman–Crippen MR) is 79.4 cm³/mol. The number of nitrogens with one attached hydrogen (secondary N) is 1. The van der Waals surface area contributed by atoms with Crippen molar-refractivity contribution in [2.45, 2.75) is 25.9 Å². The summed E-state index contributed by atoms with van der Waals surface area (Å²) in [6, 6.07) is 14.9. The third kappa shape index (κ3) is 3.58. The van der Waals surface area contributed by atoms with Crippen molar-refractivity contribution in [2.75, 3.05) is 7.11 Å². The summed E-state index contributed by atoms with van der Waals surface area (Å²) in [5, 5.41) is 3.47. The van der Waals surface area contributed by atoms with Gasteiger partial charge in [-0.25, -0.2) is 4.39 Å². The molecule has 0 spiro atoms. The van der Waals surface area contributed by atoms with Crippen molar-refractivity contribution >= 4 is 0 Å². The largest absolute Gasteiger partial charge is 0.497 e. The highest BCUT2D eigenvalue weighted by atomic mass is 19.1. The van der Waals surface area contributed by atoms with E-state index in [1.165, 1.54) is 6.07 Å². The van der Waals surface area contributed by atoms with Crippen LogP contribution in [0.1, 0.15) is 37.1 Å². The van der Waals surface area contributed by atoms with Gasteiger partial charge in [-0.3, -0.25) is 0 Å². The lowest BCUT2D eigenvalue weighted by molar-refractivity contribution is 0.412. The lowest BCUT2D eigenvalue weighted by Crippen LogP contribution is -2.22. The van der Waals surface area contributed by atoms with Crippen LogP contribution in [0.15, 0.2) is 48.5 Å². The molecule has 0 bridgehead atoms. The van der Waals surface area contributed by atoms with Crippen LogP contribution in [-0.4, -0.2) is 7.11 Å². The monoisotopic (exact) mass is 273 g/mol. The quantitative estimate of drug-likeness (QED) is 0.879. The molecule has 0 aliphatic rings. The third-order valence-corrected chi connectivity index (χ3v) is 3.44. The van der Waals surface area contributed by atoms with Crippen molar-refractivity contribution in [1.82, 2.24) is 5.32 Å². The van der Waals surface area contributed by atoms with E-state index in [0.29, 0.717) is 0 Å². The van der Waals surface area contributed by atoms with Crippen LogP contribution < -0.4 is 10.1 Å². The fourth-order valence-corrected chi connectivity index (χ4v) is 2.25. The molecule has 0 radical (unpaired) electrons. The molecule has 2 rings (SSSR count). The Bertz CT molecular complexity index is 570. The molecule has 2 aromatic carbocycles. The summed E-state index contributed by atoms with van der Waals surface area (Å²) in [4.78, 5) is 0. The average molecular weight is 273 g/mol. The molecule has 106 valence electrons. The fraction of sp³-hybridized carbons (Fsp3) is 0.294. The zero-order chi connectivity index (χ0) is 14.5. The Balaban J connectivity index is 2.08. The first-order valence-electron chi connectivity index (χ1n) is 6.75. The maximum absolute atomic E-state index is 13.2. The maximum Gasteiger partial charge on any atom is 0.123 e. The van der Waals surface area contributed by atoms with Crippen molar-refractivity contribution in [3.05, 3.63) is 65.5 Å². The third-order valence-electron chi connectivity index (χ3n) is 3.44. The minimum Gasteiger partial charge on any atom is -0.497 e. The van der Waals surface area contributed by atoms with Gasteiger partial charge in [0, 0.05) is 12.1 Å². The summed E-state index contributed by atoms with van der Waals surface area (Å²) in [6.07, 6.45) is 0. The van der Waals surface area contributed by atoms with Crippen molar-refractivity contribution in [1.29, 1.82) is 0 Å². The summed E-state index contributed by atoms with van der Waals surface area (Å²) in [5.41, 5.74) is 2.09. The van der Waals surface area contributed by atoms with E-state index in [1.807, 2.05) is 31.2 Å². The number of rotatable bonds is 5. The molecular formula is C17H20FNO. The van der Waals surface area contributed by atoms with Gasteiger partial charge in [0.2, 0.25) is 0 Å². The smallest absolute Gasteiger partial charge is 0.123 e. The summed E-state index contributed by atoms with van der Waals surface area (Å²) in [6.45, 7) is 4.12. The van der Waals surface area contributed by atoms with Crippen molar-refractivity contribution in [3.8, 4) is 5.75 Å². The van der Waals surface area contributed by atoms with E-state index >= 15 is 0 Å². The van der Waals surface area contributed by atoms with Crippen LogP contribution >= 0.6 is 0 Å². The van der Waals surface area contributed by atoms with Gasteiger partial charge in [-0.05, 0) is 49.2 Å². The number of benzene rings is 2. The Morgan fingerprint density at radius 1 is 0.950 bits per heavy atom. The van der Waals surface area contributed by atoms with E-state index < -0.39 is 0 Å². The zero-order valence-corrected chi connectivity index (χ0v) is 12.1. The number of ether oxygens (including phenoxy) is 1.